The van der Waals surface area contributed by atoms with Gasteiger partial charge < -0.3 is 4.57 Å². The molecule has 1 aliphatic rings. The molecule has 0 unspecified atom stereocenters. The second kappa shape index (κ2) is 11.3. The van der Waals surface area contributed by atoms with Crippen LogP contribution in [-0.4, -0.2) is 16.4 Å². The Bertz CT molecular complexity index is 2600. The fourth-order valence-electron chi connectivity index (χ4n) is 7.36. The van der Waals surface area contributed by atoms with Gasteiger partial charge in [0.1, 0.15) is 0 Å². The first-order chi connectivity index (χ1) is 24.1. The molecule has 4 heteroatoms. The van der Waals surface area contributed by atoms with Gasteiger partial charge >= 0.3 is 0 Å². The van der Waals surface area contributed by atoms with Crippen molar-refractivity contribution in [3.05, 3.63) is 180 Å². The molecule has 0 fully saturated rings. The van der Waals surface area contributed by atoms with E-state index < -0.39 is 0 Å². The van der Waals surface area contributed by atoms with Crippen LogP contribution in [0.15, 0.2) is 164 Å². The monoisotopic (exact) mass is 630 g/mol. The number of amides is 2. The lowest BCUT2D eigenvalue weighted by Crippen LogP contribution is -2.30. The first-order valence-electron chi connectivity index (χ1n) is 16.4. The highest BCUT2D eigenvalue weighted by molar-refractivity contribution is 6.36. The standard InChI is InChI=1S/C45H30N2O2/c1-29-13-8-9-18-34(29)33-24-26-41-38(28-33)35-19-10-11-21-39(35)46(41)42-22-12-20-36-43(42)45(49)47(44(36)48)40-25-23-32(30-14-4-2-5-15-30)27-37(40)31-16-6-3-7-17-31/h2-28H,1H3. The number of hydrogen-bond acceptors (Lipinski definition) is 2. The predicted molar refractivity (Wildman–Crippen MR) is 199 cm³/mol. The van der Waals surface area contributed by atoms with E-state index in [9.17, 15) is 9.59 Å². The van der Waals surface area contributed by atoms with E-state index in [4.69, 9.17) is 0 Å². The summed E-state index contributed by atoms with van der Waals surface area (Å²) in [7, 11) is 0. The molecule has 0 saturated heterocycles. The smallest absolute Gasteiger partial charge is 0.268 e. The second-order valence-electron chi connectivity index (χ2n) is 12.5. The number of fused-ring (bicyclic) bond motifs is 4. The molecule has 8 aromatic rings. The van der Waals surface area contributed by atoms with Crippen LogP contribution in [0, 0.1) is 6.92 Å². The molecule has 0 atom stereocenters. The molecule has 0 bridgehead atoms. The van der Waals surface area contributed by atoms with Crippen LogP contribution in [0.25, 0.3) is 60.9 Å². The largest absolute Gasteiger partial charge is 0.308 e. The van der Waals surface area contributed by atoms with Crippen LogP contribution in [0.2, 0.25) is 0 Å². The van der Waals surface area contributed by atoms with Gasteiger partial charge in [0.15, 0.2) is 0 Å². The number of nitrogens with zero attached hydrogens (tertiary/aromatic N) is 2. The van der Waals surface area contributed by atoms with Crippen LogP contribution in [-0.2, 0) is 0 Å². The van der Waals surface area contributed by atoms with Gasteiger partial charge in [-0.1, -0.05) is 121 Å². The lowest BCUT2D eigenvalue weighted by Gasteiger charge is -2.20. The maximum atomic E-state index is 14.7. The lowest BCUT2D eigenvalue weighted by molar-refractivity contribution is 0.0926. The minimum atomic E-state index is -0.331. The van der Waals surface area contributed by atoms with Crippen molar-refractivity contribution in [1.29, 1.82) is 0 Å². The average molecular weight is 631 g/mol. The molecule has 1 aromatic heterocycles. The first kappa shape index (κ1) is 28.7. The highest BCUT2D eigenvalue weighted by Gasteiger charge is 2.40. The fourth-order valence-corrected chi connectivity index (χ4v) is 7.36. The second-order valence-corrected chi connectivity index (χ2v) is 12.5. The highest BCUT2D eigenvalue weighted by atomic mass is 16.2. The van der Waals surface area contributed by atoms with Crippen molar-refractivity contribution in [2.24, 2.45) is 0 Å². The minimum absolute atomic E-state index is 0.325. The molecule has 4 nitrogen and oxygen atoms in total. The Balaban J connectivity index is 1.22. The molecule has 0 aliphatic carbocycles. The van der Waals surface area contributed by atoms with Crippen molar-refractivity contribution in [2.45, 2.75) is 6.92 Å². The Kier molecular flexibility index (Phi) is 6.63. The molecule has 0 saturated carbocycles. The number of imide groups is 1. The van der Waals surface area contributed by atoms with Crippen molar-refractivity contribution in [3.8, 4) is 39.1 Å². The molecule has 49 heavy (non-hydrogen) atoms. The quantitative estimate of drug-likeness (QED) is 0.178. The summed E-state index contributed by atoms with van der Waals surface area (Å²) in [4.78, 5) is 30.4. The van der Waals surface area contributed by atoms with Gasteiger partial charge in [-0.2, -0.15) is 0 Å². The maximum Gasteiger partial charge on any atom is 0.268 e. The summed E-state index contributed by atoms with van der Waals surface area (Å²) in [6.45, 7) is 2.13. The van der Waals surface area contributed by atoms with Gasteiger partial charge in [0.2, 0.25) is 0 Å². The van der Waals surface area contributed by atoms with Crippen LogP contribution in [0.3, 0.4) is 0 Å². The van der Waals surface area contributed by atoms with E-state index in [1.165, 1.54) is 16.0 Å². The lowest BCUT2D eigenvalue weighted by atomic mass is 9.97. The average Bonchev–Trinajstić information content (AvgIpc) is 3.62. The zero-order valence-electron chi connectivity index (χ0n) is 26.8. The van der Waals surface area contributed by atoms with Crippen LogP contribution in [0.4, 0.5) is 5.69 Å². The summed E-state index contributed by atoms with van der Waals surface area (Å²) in [6.07, 6.45) is 0. The normalized spacial score (nSPS) is 12.6. The van der Waals surface area contributed by atoms with Gasteiger partial charge in [-0.25, -0.2) is 4.90 Å². The third-order valence-electron chi connectivity index (χ3n) is 9.69. The molecule has 0 spiro atoms. The molecule has 1 aliphatic heterocycles. The van der Waals surface area contributed by atoms with E-state index in [-0.39, 0.29) is 11.8 Å². The third kappa shape index (κ3) is 4.53. The number of rotatable bonds is 5. The number of para-hydroxylation sites is 1. The van der Waals surface area contributed by atoms with E-state index in [0.29, 0.717) is 22.5 Å². The molecule has 9 rings (SSSR count). The molecular formula is C45H30N2O2. The number of carbonyl (C=O) groups is 2. The third-order valence-corrected chi connectivity index (χ3v) is 9.69. The number of aryl methyl sites for hydroxylation is 1. The van der Waals surface area contributed by atoms with Gasteiger partial charge in [-0.15, -0.1) is 0 Å². The summed E-state index contributed by atoms with van der Waals surface area (Å²) in [5, 5.41) is 2.17. The van der Waals surface area contributed by atoms with Gasteiger partial charge in [0, 0.05) is 16.3 Å². The number of benzene rings is 7. The molecule has 0 radical (unpaired) electrons. The van der Waals surface area contributed by atoms with Crippen molar-refractivity contribution in [3.63, 3.8) is 0 Å². The van der Waals surface area contributed by atoms with Gasteiger partial charge in [0.05, 0.1) is 33.5 Å². The van der Waals surface area contributed by atoms with Gasteiger partial charge in [-0.05, 0) is 82.8 Å². The maximum absolute atomic E-state index is 14.7. The van der Waals surface area contributed by atoms with E-state index in [1.54, 1.807) is 6.07 Å². The Morgan fingerprint density at radius 1 is 0.408 bits per heavy atom. The van der Waals surface area contributed by atoms with Crippen LogP contribution < -0.4 is 4.90 Å². The predicted octanol–water partition coefficient (Wildman–Crippen LogP) is 10.9. The number of carbonyl (C=O) groups excluding carboxylic acids is 2. The fraction of sp³-hybridized carbons (Fsp3) is 0.0222. The topological polar surface area (TPSA) is 42.3 Å². The zero-order valence-corrected chi connectivity index (χ0v) is 26.8. The van der Waals surface area contributed by atoms with E-state index in [0.717, 1.165) is 49.6 Å². The molecule has 232 valence electrons. The summed E-state index contributed by atoms with van der Waals surface area (Å²) < 4.78 is 2.14. The summed E-state index contributed by atoms with van der Waals surface area (Å²) in [6, 6.07) is 54.8. The Morgan fingerprint density at radius 2 is 1.06 bits per heavy atom. The SMILES string of the molecule is Cc1ccccc1-c1ccc2c(c1)c1ccccc1n2-c1cccc2c1C(=O)N(c1ccc(-c3ccccc3)cc1-c1ccccc1)C2=O. The summed E-state index contributed by atoms with van der Waals surface area (Å²) in [5.41, 5.74) is 11.4. The highest BCUT2D eigenvalue weighted by Crippen LogP contribution is 2.42. The zero-order chi connectivity index (χ0) is 33.1. The van der Waals surface area contributed by atoms with Crippen molar-refractivity contribution in [2.75, 3.05) is 4.90 Å². The van der Waals surface area contributed by atoms with Gasteiger partial charge in [0.25, 0.3) is 11.8 Å². The Labute approximate surface area is 284 Å². The summed E-state index contributed by atoms with van der Waals surface area (Å²) >= 11 is 0. The van der Waals surface area contributed by atoms with E-state index in [2.05, 4.69) is 84.3 Å². The Hall–Kier alpha value is -6.52. The minimum Gasteiger partial charge on any atom is -0.308 e. The molecule has 7 aromatic carbocycles. The van der Waals surface area contributed by atoms with Crippen molar-refractivity contribution >= 4 is 39.3 Å². The number of hydrogen-bond donors (Lipinski definition) is 0. The van der Waals surface area contributed by atoms with Crippen LogP contribution in [0.5, 0.6) is 0 Å². The van der Waals surface area contributed by atoms with Crippen LogP contribution in [0.1, 0.15) is 26.3 Å². The molecule has 2 heterocycles. The van der Waals surface area contributed by atoms with Gasteiger partial charge in [-0.3, -0.25) is 9.59 Å². The Morgan fingerprint density at radius 3 is 1.86 bits per heavy atom. The summed E-state index contributed by atoms with van der Waals surface area (Å²) in [5.74, 6) is -0.656. The molecule has 0 N–H and O–H groups in total. The molecular weight excluding hydrogens is 601 g/mol. The number of aromatic nitrogens is 1. The molecule has 2 amide bonds. The van der Waals surface area contributed by atoms with E-state index in [1.807, 2.05) is 84.9 Å². The first-order valence-corrected chi connectivity index (χ1v) is 16.4. The van der Waals surface area contributed by atoms with Crippen LogP contribution >= 0.6 is 0 Å². The van der Waals surface area contributed by atoms with Crippen molar-refractivity contribution < 1.29 is 9.59 Å². The number of anilines is 1. The van der Waals surface area contributed by atoms with Crippen molar-refractivity contribution in [1.82, 2.24) is 4.57 Å². The van der Waals surface area contributed by atoms with E-state index >= 15 is 0 Å².